The van der Waals surface area contributed by atoms with Gasteiger partial charge >= 0.3 is 5.97 Å². The van der Waals surface area contributed by atoms with Crippen LogP contribution in [0, 0.1) is 0 Å². The maximum Gasteiger partial charge on any atom is 0.341 e. The van der Waals surface area contributed by atoms with E-state index in [9.17, 15) is 9.59 Å². The Labute approximate surface area is 121 Å². The second-order valence-electron chi connectivity index (χ2n) is 5.11. The van der Waals surface area contributed by atoms with E-state index >= 15 is 0 Å². The quantitative estimate of drug-likeness (QED) is 0.937. The molecule has 0 atom stereocenters. The Hall–Kier alpha value is -2.56. The van der Waals surface area contributed by atoms with E-state index in [1.807, 2.05) is 28.8 Å². The Morgan fingerprint density at radius 2 is 1.95 bits per heavy atom. The van der Waals surface area contributed by atoms with Gasteiger partial charge in [-0.05, 0) is 42.7 Å². The smallest absolute Gasteiger partial charge is 0.341 e. The monoisotopic (exact) mass is 285 g/mol. The van der Waals surface area contributed by atoms with Crippen molar-refractivity contribution in [3.63, 3.8) is 0 Å². The van der Waals surface area contributed by atoms with Crippen molar-refractivity contribution in [2.45, 2.75) is 18.9 Å². The molecule has 5 heteroatoms. The van der Waals surface area contributed by atoms with Gasteiger partial charge in [-0.3, -0.25) is 4.79 Å². The van der Waals surface area contributed by atoms with Gasteiger partial charge < -0.3 is 14.4 Å². The minimum atomic E-state index is -1.18. The van der Waals surface area contributed by atoms with Crippen LogP contribution in [0.1, 0.15) is 29.2 Å². The van der Waals surface area contributed by atoms with E-state index in [4.69, 9.17) is 9.84 Å². The highest BCUT2D eigenvalue weighted by Crippen LogP contribution is 2.38. The Kier molecular flexibility index (Phi) is 3.25. The SMILES string of the molecule is COc1ccc(-c2cc(=O)c(C(=O)O)cn2C2CC2)cc1. The van der Waals surface area contributed by atoms with Gasteiger partial charge in [-0.15, -0.1) is 0 Å². The van der Waals surface area contributed by atoms with Crippen LogP contribution in [0.25, 0.3) is 11.3 Å². The summed E-state index contributed by atoms with van der Waals surface area (Å²) in [5.74, 6) is -0.447. The molecule has 1 heterocycles. The van der Waals surface area contributed by atoms with E-state index in [1.54, 1.807) is 7.11 Å². The van der Waals surface area contributed by atoms with Crippen LogP contribution < -0.4 is 10.2 Å². The van der Waals surface area contributed by atoms with Crippen LogP contribution in [-0.4, -0.2) is 22.8 Å². The Bertz CT molecular complexity index is 742. The number of rotatable bonds is 4. The number of pyridine rings is 1. The number of hydrogen-bond acceptors (Lipinski definition) is 3. The van der Waals surface area contributed by atoms with Crippen LogP contribution in [0.3, 0.4) is 0 Å². The molecule has 0 bridgehead atoms. The van der Waals surface area contributed by atoms with Crippen molar-refractivity contribution in [1.29, 1.82) is 0 Å². The van der Waals surface area contributed by atoms with Crippen LogP contribution in [0.2, 0.25) is 0 Å². The molecule has 0 amide bonds. The van der Waals surface area contributed by atoms with Gasteiger partial charge in [0.15, 0.2) is 5.43 Å². The average Bonchev–Trinajstić information content (AvgIpc) is 3.31. The van der Waals surface area contributed by atoms with Crippen molar-refractivity contribution >= 4 is 5.97 Å². The molecule has 1 aromatic heterocycles. The molecular formula is C16H15NO4. The third-order valence-electron chi connectivity index (χ3n) is 3.64. The molecule has 1 fully saturated rings. The molecule has 0 radical (unpaired) electrons. The second-order valence-corrected chi connectivity index (χ2v) is 5.11. The molecule has 0 spiro atoms. The fraction of sp³-hybridized carbons (Fsp3) is 0.250. The number of benzene rings is 1. The van der Waals surface area contributed by atoms with Crippen molar-refractivity contribution in [2.24, 2.45) is 0 Å². The molecule has 1 aliphatic rings. The van der Waals surface area contributed by atoms with Gasteiger partial charge in [-0.25, -0.2) is 4.79 Å². The van der Waals surface area contributed by atoms with Crippen LogP contribution in [0.5, 0.6) is 5.75 Å². The number of carboxylic acid groups (broad SMARTS) is 1. The van der Waals surface area contributed by atoms with Gasteiger partial charge in [-0.1, -0.05) is 0 Å². The first-order valence-corrected chi connectivity index (χ1v) is 6.74. The fourth-order valence-electron chi connectivity index (χ4n) is 2.36. The first kappa shape index (κ1) is 13.4. The van der Waals surface area contributed by atoms with Gasteiger partial charge in [0.05, 0.1) is 12.8 Å². The molecule has 5 nitrogen and oxygen atoms in total. The number of carboxylic acids is 1. The topological polar surface area (TPSA) is 68.5 Å². The highest BCUT2D eigenvalue weighted by molar-refractivity contribution is 5.87. The molecule has 1 N–H and O–H groups in total. The molecule has 1 aliphatic carbocycles. The Morgan fingerprint density at radius 1 is 1.29 bits per heavy atom. The molecule has 108 valence electrons. The second kappa shape index (κ2) is 5.09. The lowest BCUT2D eigenvalue weighted by molar-refractivity contribution is 0.0694. The van der Waals surface area contributed by atoms with Gasteiger partial charge in [0.2, 0.25) is 0 Å². The van der Waals surface area contributed by atoms with E-state index in [1.165, 1.54) is 12.3 Å². The molecule has 2 aromatic rings. The van der Waals surface area contributed by atoms with E-state index < -0.39 is 11.4 Å². The normalized spacial score (nSPS) is 14.0. The van der Waals surface area contributed by atoms with Gasteiger partial charge in [0.1, 0.15) is 11.3 Å². The fourth-order valence-corrected chi connectivity index (χ4v) is 2.36. The highest BCUT2D eigenvalue weighted by atomic mass is 16.5. The number of hydrogen-bond donors (Lipinski definition) is 1. The average molecular weight is 285 g/mol. The van der Waals surface area contributed by atoms with Crippen molar-refractivity contribution in [2.75, 3.05) is 7.11 Å². The summed E-state index contributed by atoms with van der Waals surface area (Å²) in [4.78, 5) is 23.1. The van der Waals surface area contributed by atoms with Crippen LogP contribution >= 0.6 is 0 Å². The number of nitrogens with zero attached hydrogens (tertiary/aromatic N) is 1. The first-order chi connectivity index (χ1) is 10.1. The maximum atomic E-state index is 12.0. The molecule has 0 saturated heterocycles. The number of aromatic carboxylic acids is 1. The van der Waals surface area contributed by atoms with Crippen molar-refractivity contribution < 1.29 is 14.6 Å². The molecule has 1 saturated carbocycles. The zero-order chi connectivity index (χ0) is 15.0. The molecule has 3 rings (SSSR count). The maximum absolute atomic E-state index is 12.0. The van der Waals surface area contributed by atoms with Crippen LogP contribution in [0.15, 0.2) is 41.3 Å². The molecule has 0 aliphatic heterocycles. The zero-order valence-electron chi connectivity index (χ0n) is 11.6. The summed E-state index contributed by atoms with van der Waals surface area (Å²) < 4.78 is 7.02. The van der Waals surface area contributed by atoms with Crippen LogP contribution in [-0.2, 0) is 0 Å². The summed E-state index contributed by atoms with van der Waals surface area (Å²) in [5.41, 5.74) is 0.969. The Balaban J connectivity index is 2.14. The van der Waals surface area contributed by atoms with Crippen molar-refractivity contribution in [3.8, 4) is 17.0 Å². The molecular weight excluding hydrogens is 270 g/mol. The zero-order valence-corrected chi connectivity index (χ0v) is 11.6. The van der Waals surface area contributed by atoms with E-state index in [-0.39, 0.29) is 11.6 Å². The first-order valence-electron chi connectivity index (χ1n) is 6.74. The Morgan fingerprint density at radius 3 is 2.48 bits per heavy atom. The number of carbonyl (C=O) groups is 1. The lowest BCUT2D eigenvalue weighted by Crippen LogP contribution is -2.18. The van der Waals surface area contributed by atoms with Gasteiger partial charge in [0, 0.05) is 18.3 Å². The minimum absolute atomic E-state index is 0.181. The number of aromatic nitrogens is 1. The van der Waals surface area contributed by atoms with E-state index in [0.29, 0.717) is 0 Å². The predicted molar refractivity (Wildman–Crippen MR) is 77.9 cm³/mol. The summed E-state index contributed by atoms with van der Waals surface area (Å²) in [5, 5.41) is 9.09. The molecule has 0 unspecified atom stereocenters. The largest absolute Gasteiger partial charge is 0.497 e. The summed E-state index contributed by atoms with van der Waals surface area (Å²) in [7, 11) is 1.59. The third kappa shape index (κ3) is 2.54. The summed E-state index contributed by atoms with van der Waals surface area (Å²) >= 11 is 0. The summed E-state index contributed by atoms with van der Waals surface area (Å²) in [6, 6.07) is 9.06. The number of methoxy groups -OCH3 is 1. The lowest BCUT2D eigenvalue weighted by atomic mass is 10.1. The lowest BCUT2D eigenvalue weighted by Gasteiger charge is -2.14. The van der Waals surface area contributed by atoms with Crippen molar-refractivity contribution in [3.05, 3.63) is 52.3 Å². The van der Waals surface area contributed by atoms with Gasteiger partial charge in [0.25, 0.3) is 0 Å². The van der Waals surface area contributed by atoms with Crippen molar-refractivity contribution in [1.82, 2.24) is 4.57 Å². The van der Waals surface area contributed by atoms with Crippen LogP contribution in [0.4, 0.5) is 0 Å². The molecule has 21 heavy (non-hydrogen) atoms. The summed E-state index contributed by atoms with van der Waals surface area (Å²) in [6.07, 6.45) is 3.47. The van der Waals surface area contributed by atoms with E-state index in [2.05, 4.69) is 0 Å². The standard InChI is InChI=1S/C16H15NO4/c1-21-12-6-2-10(3-7-12)14-8-15(18)13(16(19)20)9-17(14)11-4-5-11/h2-3,6-9,11H,4-5H2,1H3,(H,19,20). The predicted octanol–water partition coefficient (Wildman–Crippen LogP) is 2.56. The van der Waals surface area contributed by atoms with Gasteiger partial charge in [-0.2, -0.15) is 0 Å². The third-order valence-corrected chi connectivity index (χ3v) is 3.64. The van der Waals surface area contributed by atoms with E-state index in [0.717, 1.165) is 29.8 Å². The minimum Gasteiger partial charge on any atom is -0.497 e. The summed E-state index contributed by atoms with van der Waals surface area (Å²) in [6.45, 7) is 0. The molecule has 1 aromatic carbocycles. The highest BCUT2D eigenvalue weighted by Gasteiger charge is 2.27. The number of ether oxygens (including phenoxy) is 1.